The van der Waals surface area contributed by atoms with Gasteiger partial charge in [-0.1, -0.05) is 13.8 Å². The SMILES string of the molecule is CC1(C)C2CCC1(CCCN)C(=O)NC2=O. The molecule has 2 aliphatic rings. The maximum absolute atomic E-state index is 12.1. The number of piperidine rings is 1. The minimum atomic E-state index is -0.370. The first kappa shape index (κ1) is 11.6. The molecule has 1 saturated heterocycles. The van der Waals surface area contributed by atoms with Gasteiger partial charge in [0, 0.05) is 5.92 Å². The summed E-state index contributed by atoms with van der Waals surface area (Å²) in [6, 6.07) is 0. The van der Waals surface area contributed by atoms with Crippen molar-refractivity contribution in [3.05, 3.63) is 0 Å². The molecule has 2 fully saturated rings. The number of rotatable bonds is 3. The van der Waals surface area contributed by atoms with Crippen molar-refractivity contribution in [3.8, 4) is 0 Å². The molecule has 2 unspecified atom stereocenters. The molecule has 16 heavy (non-hydrogen) atoms. The molecule has 0 aromatic carbocycles. The minimum Gasteiger partial charge on any atom is -0.330 e. The van der Waals surface area contributed by atoms with Crippen LogP contribution in [0.15, 0.2) is 0 Å². The molecule has 0 aromatic heterocycles. The third-order valence-electron chi connectivity index (χ3n) is 4.76. The van der Waals surface area contributed by atoms with Crippen molar-refractivity contribution in [2.75, 3.05) is 6.54 Å². The van der Waals surface area contributed by atoms with Gasteiger partial charge >= 0.3 is 0 Å². The summed E-state index contributed by atoms with van der Waals surface area (Å²) in [5.74, 6) is -0.177. The Morgan fingerprint density at radius 2 is 2.12 bits per heavy atom. The van der Waals surface area contributed by atoms with E-state index in [4.69, 9.17) is 5.73 Å². The van der Waals surface area contributed by atoms with Crippen molar-refractivity contribution >= 4 is 11.8 Å². The maximum atomic E-state index is 12.1. The van der Waals surface area contributed by atoms with Gasteiger partial charge in [-0.25, -0.2) is 0 Å². The zero-order chi connectivity index (χ0) is 12.0. The fraction of sp³-hybridized carbons (Fsp3) is 0.833. The van der Waals surface area contributed by atoms with Crippen molar-refractivity contribution in [1.29, 1.82) is 0 Å². The average molecular weight is 224 g/mol. The second kappa shape index (κ2) is 3.55. The van der Waals surface area contributed by atoms with E-state index < -0.39 is 0 Å². The first-order valence-electron chi connectivity index (χ1n) is 6.01. The highest BCUT2D eigenvalue weighted by molar-refractivity contribution is 6.03. The van der Waals surface area contributed by atoms with Crippen LogP contribution in [-0.2, 0) is 9.59 Å². The van der Waals surface area contributed by atoms with Gasteiger partial charge in [-0.3, -0.25) is 14.9 Å². The summed E-state index contributed by atoms with van der Waals surface area (Å²) >= 11 is 0. The number of nitrogens with two attached hydrogens (primary N) is 1. The highest BCUT2D eigenvalue weighted by atomic mass is 16.2. The van der Waals surface area contributed by atoms with Gasteiger partial charge in [-0.15, -0.1) is 0 Å². The Morgan fingerprint density at radius 1 is 1.44 bits per heavy atom. The molecule has 0 aromatic rings. The van der Waals surface area contributed by atoms with Crippen LogP contribution in [0, 0.1) is 16.7 Å². The van der Waals surface area contributed by atoms with Gasteiger partial charge in [0.2, 0.25) is 11.8 Å². The van der Waals surface area contributed by atoms with E-state index in [1.807, 2.05) is 0 Å². The molecule has 4 nitrogen and oxygen atoms in total. The standard InChI is InChI=1S/C12H20N2O2/c1-11(2)8-4-6-12(11,5-3-7-13)10(16)14-9(8)15/h8H,3-7,13H2,1-2H3,(H,14,15,16). The maximum Gasteiger partial charge on any atom is 0.233 e. The minimum absolute atomic E-state index is 0.0111. The van der Waals surface area contributed by atoms with E-state index in [1.165, 1.54) is 0 Å². The lowest BCUT2D eigenvalue weighted by atomic mass is 9.60. The molecule has 2 amide bonds. The van der Waals surface area contributed by atoms with Gasteiger partial charge in [0.25, 0.3) is 0 Å². The summed E-state index contributed by atoms with van der Waals surface area (Å²) in [4.78, 5) is 23.9. The van der Waals surface area contributed by atoms with Crippen LogP contribution in [0.5, 0.6) is 0 Å². The summed E-state index contributed by atoms with van der Waals surface area (Å²) in [6.45, 7) is 4.71. The van der Waals surface area contributed by atoms with E-state index >= 15 is 0 Å². The van der Waals surface area contributed by atoms with Crippen molar-refractivity contribution in [1.82, 2.24) is 5.32 Å². The summed E-state index contributed by atoms with van der Waals surface area (Å²) < 4.78 is 0. The van der Waals surface area contributed by atoms with E-state index in [0.29, 0.717) is 6.54 Å². The number of fused-ring (bicyclic) bond motifs is 2. The van der Waals surface area contributed by atoms with Gasteiger partial charge in [-0.2, -0.15) is 0 Å². The van der Waals surface area contributed by atoms with Gasteiger partial charge < -0.3 is 5.73 Å². The third kappa shape index (κ3) is 1.25. The molecule has 1 saturated carbocycles. The molecule has 0 radical (unpaired) electrons. The van der Waals surface area contributed by atoms with Gasteiger partial charge in [0.15, 0.2) is 0 Å². The second-order valence-electron chi connectivity index (χ2n) is 5.61. The molecule has 3 N–H and O–H groups in total. The van der Waals surface area contributed by atoms with E-state index in [9.17, 15) is 9.59 Å². The molecule has 2 atom stereocenters. The van der Waals surface area contributed by atoms with Crippen molar-refractivity contribution in [2.45, 2.75) is 39.5 Å². The predicted octanol–water partition coefficient (Wildman–Crippen LogP) is 0.804. The zero-order valence-corrected chi connectivity index (χ0v) is 10.0. The van der Waals surface area contributed by atoms with Gasteiger partial charge in [0.1, 0.15) is 0 Å². The Morgan fingerprint density at radius 3 is 2.75 bits per heavy atom. The third-order valence-corrected chi connectivity index (χ3v) is 4.76. The smallest absolute Gasteiger partial charge is 0.233 e. The Labute approximate surface area is 96.0 Å². The molecule has 2 bridgehead atoms. The number of carbonyl (C=O) groups excluding carboxylic acids is 2. The average Bonchev–Trinajstić information content (AvgIpc) is 2.38. The van der Waals surface area contributed by atoms with Crippen LogP contribution < -0.4 is 11.1 Å². The van der Waals surface area contributed by atoms with E-state index in [2.05, 4.69) is 19.2 Å². The molecule has 90 valence electrons. The molecular weight excluding hydrogens is 204 g/mol. The van der Waals surface area contributed by atoms with Crippen LogP contribution in [-0.4, -0.2) is 18.4 Å². The fourth-order valence-corrected chi connectivity index (χ4v) is 3.56. The second-order valence-corrected chi connectivity index (χ2v) is 5.61. The summed E-state index contributed by atoms with van der Waals surface area (Å²) in [5.41, 5.74) is 4.94. The van der Waals surface area contributed by atoms with Crippen molar-refractivity contribution in [3.63, 3.8) is 0 Å². The van der Waals surface area contributed by atoms with Crippen molar-refractivity contribution in [2.24, 2.45) is 22.5 Å². The number of hydrogen-bond donors (Lipinski definition) is 2. The van der Waals surface area contributed by atoms with Crippen LogP contribution in [0.3, 0.4) is 0 Å². The quantitative estimate of drug-likeness (QED) is 0.697. The number of amides is 2. The van der Waals surface area contributed by atoms with E-state index in [1.54, 1.807) is 0 Å². The first-order chi connectivity index (χ1) is 7.45. The number of nitrogens with one attached hydrogen (secondary N) is 1. The normalized spacial score (nSPS) is 36.3. The Hall–Kier alpha value is -0.900. The summed E-state index contributed by atoms with van der Waals surface area (Å²) in [5, 5.41) is 2.53. The monoisotopic (exact) mass is 224 g/mol. The van der Waals surface area contributed by atoms with E-state index in [-0.39, 0.29) is 28.6 Å². The van der Waals surface area contributed by atoms with Crippen LogP contribution in [0.25, 0.3) is 0 Å². The Kier molecular flexibility index (Phi) is 2.57. The highest BCUT2D eigenvalue weighted by Crippen LogP contribution is 2.60. The van der Waals surface area contributed by atoms with Crippen LogP contribution in [0.1, 0.15) is 39.5 Å². The molecule has 1 aliphatic carbocycles. The summed E-state index contributed by atoms with van der Waals surface area (Å²) in [6.07, 6.45) is 3.29. The lowest BCUT2D eigenvalue weighted by molar-refractivity contribution is -0.152. The number of carbonyl (C=O) groups is 2. The van der Waals surface area contributed by atoms with Crippen LogP contribution in [0.4, 0.5) is 0 Å². The molecule has 4 heteroatoms. The summed E-state index contributed by atoms with van der Waals surface area (Å²) in [7, 11) is 0. The molecular formula is C12H20N2O2. The first-order valence-corrected chi connectivity index (χ1v) is 6.01. The van der Waals surface area contributed by atoms with Gasteiger partial charge in [-0.05, 0) is 37.6 Å². The molecule has 0 spiro atoms. The van der Waals surface area contributed by atoms with Crippen molar-refractivity contribution < 1.29 is 9.59 Å². The molecule has 1 heterocycles. The molecule has 1 aliphatic heterocycles. The highest BCUT2D eigenvalue weighted by Gasteiger charge is 2.63. The lowest BCUT2D eigenvalue weighted by Crippen LogP contribution is -2.58. The van der Waals surface area contributed by atoms with Crippen LogP contribution >= 0.6 is 0 Å². The topological polar surface area (TPSA) is 72.2 Å². The van der Waals surface area contributed by atoms with Gasteiger partial charge in [0.05, 0.1) is 5.41 Å². The predicted molar refractivity (Wildman–Crippen MR) is 60.4 cm³/mol. The zero-order valence-electron chi connectivity index (χ0n) is 10.0. The molecule has 2 rings (SSSR count). The Balaban J connectivity index is 2.35. The van der Waals surface area contributed by atoms with E-state index in [0.717, 1.165) is 25.7 Å². The largest absolute Gasteiger partial charge is 0.330 e. The number of hydrogen-bond acceptors (Lipinski definition) is 3. The van der Waals surface area contributed by atoms with Crippen LogP contribution in [0.2, 0.25) is 0 Å². The fourth-order valence-electron chi connectivity index (χ4n) is 3.56. The Bertz CT molecular complexity index is 338. The lowest BCUT2D eigenvalue weighted by Gasteiger charge is -2.46. The number of imide groups is 1.